The van der Waals surface area contributed by atoms with E-state index in [1.54, 1.807) is 12.1 Å². The lowest BCUT2D eigenvalue weighted by atomic mass is 10.2. The third-order valence-electron chi connectivity index (χ3n) is 2.43. The number of halogens is 1. The van der Waals surface area contributed by atoms with E-state index < -0.39 is 0 Å². The summed E-state index contributed by atoms with van der Waals surface area (Å²) in [6, 6.07) is 6.08. The van der Waals surface area contributed by atoms with Crippen LogP contribution in [0, 0.1) is 5.82 Å². The molecule has 0 heterocycles. The Morgan fingerprint density at radius 1 is 1.35 bits per heavy atom. The van der Waals surface area contributed by atoms with Crippen molar-refractivity contribution in [2.45, 2.75) is 25.8 Å². The van der Waals surface area contributed by atoms with Gasteiger partial charge >= 0.3 is 0 Å². The molecule has 4 heteroatoms. The van der Waals surface area contributed by atoms with Crippen molar-refractivity contribution in [1.82, 2.24) is 5.32 Å². The van der Waals surface area contributed by atoms with Crippen LogP contribution in [0.5, 0.6) is 5.75 Å². The first-order chi connectivity index (χ1) is 8.26. The zero-order valence-electron chi connectivity index (χ0n) is 10.2. The van der Waals surface area contributed by atoms with Crippen LogP contribution in [0.15, 0.2) is 24.3 Å². The molecule has 3 nitrogen and oxygen atoms in total. The van der Waals surface area contributed by atoms with E-state index in [-0.39, 0.29) is 18.5 Å². The van der Waals surface area contributed by atoms with Crippen LogP contribution in [0.4, 0.5) is 4.39 Å². The molecule has 0 spiro atoms. The lowest BCUT2D eigenvalue weighted by Crippen LogP contribution is -2.36. The van der Waals surface area contributed by atoms with E-state index in [0.717, 1.165) is 13.0 Å². The van der Waals surface area contributed by atoms with Crippen molar-refractivity contribution in [3.63, 3.8) is 0 Å². The smallest absolute Gasteiger partial charge is 0.123 e. The SMILES string of the molecule is CCCNC(CCO)COc1ccc(F)cc1. The highest BCUT2D eigenvalue weighted by Gasteiger charge is 2.07. The third-order valence-corrected chi connectivity index (χ3v) is 2.43. The van der Waals surface area contributed by atoms with Gasteiger partial charge in [-0.15, -0.1) is 0 Å². The Hall–Kier alpha value is -1.13. The van der Waals surface area contributed by atoms with Gasteiger partial charge in [-0.3, -0.25) is 0 Å². The molecule has 17 heavy (non-hydrogen) atoms. The van der Waals surface area contributed by atoms with E-state index in [4.69, 9.17) is 9.84 Å². The fourth-order valence-electron chi connectivity index (χ4n) is 1.48. The maximum atomic E-state index is 12.7. The molecule has 0 radical (unpaired) electrons. The number of rotatable bonds is 8. The molecule has 1 rings (SSSR count). The van der Waals surface area contributed by atoms with Crippen molar-refractivity contribution in [2.75, 3.05) is 19.8 Å². The van der Waals surface area contributed by atoms with Gasteiger partial charge in [0.25, 0.3) is 0 Å². The van der Waals surface area contributed by atoms with Crippen molar-refractivity contribution >= 4 is 0 Å². The fourth-order valence-corrected chi connectivity index (χ4v) is 1.48. The zero-order valence-corrected chi connectivity index (χ0v) is 10.2. The Labute approximate surface area is 102 Å². The van der Waals surface area contributed by atoms with Crippen LogP contribution in [0.3, 0.4) is 0 Å². The first kappa shape index (κ1) is 13.9. The van der Waals surface area contributed by atoms with Crippen LogP contribution in [0.2, 0.25) is 0 Å². The lowest BCUT2D eigenvalue weighted by molar-refractivity contribution is 0.213. The maximum Gasteiger partial charge on any atom is 0.123 e. The lowest BCUT2D eigenvalue weighted by Gasteiger charge is -2.18. The third kappa shape index (κ3) is 5.65. The van der Waals surface area contributed by atoms with Gasteiger partial charge in [-0.2, -0.15) is 0 Å². The Kier molecular flexibility index (Phi) is 6.58. The standard InChI is InChI=1S/C13H20FNO2/c1-2-8-15-12(7-9-16)10-17-13-5-3-11(14)4-6-13/h3-6,12,15-16H,2,7-10H2,1H3. The molecular formula is C13H20FNO2. The van der Waals surface area contributed by atoms with Crippen LogP contribution >= 0.6 is 0 Å². The summed E-state index contributed by atoms with van der Waals surface area (Å²) in [5.41, 5.74) is 0. The molecule has 2 N–H and O–H groups in total. The molecule has 1 atom stereocenters. The minimum absolute atomic E-state index is 0.130. The molecule has 0 aliphatic heterocycles. The molecule has 0 aromatic heterocycles. The number of benzene rings is 1. The second kappa shape index (κ2) is 8.03. The Bertz CT molecular complexity index is 303. The first-order valence-electron chi connectivity index (χ1n) is 5.99. The zero-order chi connectivity index (χ0) is 12.5. The number of aliphatic hydroxyl groups excluding tert-OH is 1. The normalized spacial score (nSPS) is 12.4. The van der Waals surface area contributed by atoms with Crippen LogP contribution in [-0.2, 0) is 0 Å². The second-order valence-corrected chi connectivity index (χ2v) is 3.93. The van der Waals surface area contributed by atoms with Crippen molar-refractivity contribution in [1.29, 1.82) is 0 Å². The molecule has 0 bridgehead atoms. The van der Waals surface area contributed by atoms with E-state index >= 15 is 0 Å². The van der Waals surface area contributed by atoms with Gasteiger partial charge in [-0.1, -0.05) is 6.92 Å². The molecule has 0 saturated heterocycles. The van der Waals surface area contributed by atoms with Gasteiger partial charge in [-0.05, 0) is 43.7 Å². The highest BCUT2D eigenvalue weighted by molar-refractivity contribution is 5.22. The summed E-state index contributed by atoms with van der Waals surface area (Å²) in [7, 11) is 0. The molecule has 96 valence electrons. The molecule has 0 saturated carbocycles. The molecule has 1 aromatic carbocycles. The molecule has 1 aromatic rings. The van der Waals surface area contributed by atoms with E-state index in [1.807, 2.05) is 0 Å². The van der Waals surface area contributed by atoms with Crippen molar-refractivity contribution in [2.24, 2.45) is 0 Å². The van der Waals surface area contributed by atoms with Gasteiger partial charge in [-0.25, -0.2) is 4.39 Å². The number of ether oxygens (including phenoxy) is 1. The summed E-state index contributed by atoms with van der Waals surface area (Å²) < 4.78 is 18.2. The Morgan fingerprint density at radius 2 is 2.06 bits per heavy atom. The molecule has 1 unspecified atom stereocenters. The average molecular weight is 241 g/mol. The largest absolute Gasteiger partial charge is 0.492 e. The minimum atomic E-state index is -0.270. The van der Waals surface area contributed by atoms with Gasteiger partial charge in [0.15, 0.2) is 0 Å². The summed E-state index contributed by atoms with van der Waals surface area (Å²) in [4.78, 5) is 0. The highest BCUT2D eigenvalue weighted by Crippen LogP contribution is 2.11. The van der Waals surface area contributed by atoms with Gasteiger partial charge in [0.05, 0.1) is 0 Å². The predicted octanol–water partition coefficient (Wildman–Crippen LogP) is 1.96. The van der Waals surface area contributed by atoms with Crippen molar-refractivity contribution < 1.29 is 14.2 Å². The van der Waals surface area contributed by atoms with Crippen LogP contribution < -0.4 is 10.1 Å². The minimum Gasteiger partial charge on any atom is -0.492 e. The fraction of sp³-hybridized carbons (Fsp3) is 0.538. The summed E-state index contributed by atoms with van der Waals surface area (Å²) in [5, 5.41) is 12.2. The van der Waals surface area contributed by atoms with Gasteiger partial charge < -0.3 is 15.2 Å². The van der Waals surface area contributed by atoms with Crippen LogP contribution in [0.25, 0.3) is 0 Å². The monoisotopic (exact) mass is 241 g/mol. The quantitative estimate of drug-likeness (QED) is 0.731. The van der Waals surface area contributed by atoms with E-state index in [9.17, 15) is 4.39 Å². The van der Waals surface area contributed by atoms with Gasteiger partial charge in [0.1, 0.15) is 18.2 Å². The summed E-state index contributed by atoms with van der Waals surface area (Å²) in [5.74, 6) is 0.376. The molecule has 0 amide bonds. The van der Waals surface area contributed by atoms with E-state index in [2.05, 4.69) is 12.2 Å². The van der Waals surface area contributed by atoms with E-state index in [0.29, 0.717) is 18.8 Å². The average Bonchev–Trinajstić information content (AvgIpc) is 2.35. The summed E-state index contributed by atoms with van der Waals surface area (Å²) in [6.45, 7) is 3.60. The summed E-state index contributed by atoms with van der Waals surface area (Å²) in [6.07, 6.45) is 1.69. The first-order valence-corrected chi connectivity index (χ1v) is 5.99. The van der Waals surface area contributed by atoms with E-state index in [1.165, 1.54) is 12.1 Å². The van der Waals surface area contributed by atoms with Crippen LogP contribution in [-0.4, -0.2) is 30.9 Å². The number of nitrogens with one attached hydrogen (secondary N) is 1. The summed E-state index contributed by atoms with van der Waals surface area (Å²) >= 11 is 0. The van der Waals surface area contributed by atoms with Crippen molar-refractivity contribution in [3.05, 3.63) is 30.1 Å². The number of hydrogen-bond donors (Lipinski definition) is 2. The second-order valence-electron chi connectivity index (χ2n) is 3.93. The Morgan fingerprint density at radius 3 is 2.65 bits per heavy atom. The predicted molar refractivity (Wildman–Crippen MR) is 65.7 cm³/mol. The van der Waals surface area contributed by atoms with Crippen LogP contribution in [0.1, 0.15) is 19.8 Å². The number of aliphatic hydroxyl groups is 1. The molecular weight excluding hydrogens is 221 g/mol. The molecule has 0 fully saturated rings. The van der Waals surface area contributed by atoms with Crippen molar-refractivity contribution in [3.8, 4) is 5.75 Å². The molecule has 0 aliphatic rings. The Balaban J connectivity index is 2.37. The maximum absolute atomic E-state index is 12.7. The van der Waals surface area contributed by atoms with Gasteiger partial charge in [0.2, 0.25) is 0 Å². The number of hydrogen-bond acceptors (Lipinski definition) is 3. The van der Waals surface area contributed by atoms with Gasteiger partial charge in [0, 0.05) is 12.6 Å². The highest BCUT2D eigenvalue weighted by atomic mass is 19.1. The molecule has 0 aliphatic carbocycles. The topological polar surface area (TPSA) is 41.5 Å².